The number of nitrogens with one attached hydrogen (secondary N) is 1. The van der Waals surface area contributed by atoms with Gasteiger partial charge in [-0.15, -0.1) is 0 Å². The highest BCUT2D eigenvalue weighted by Gasteiger charge is 2.50. The zero-order chi connectivity index (χ0) is 21.6. The fourth-order valence-electron chi connectivity index (χ4n) is 4.72. The molecule has 0 spiro atoms. The van der Waals surface area contributed by atoms with Crippen LogP contribution in [0.4, 0.5) is 4.79 Å². The minimum Gasteiger partial charge on any atom is -0.465 e. The standard InChI is InChI=1S/C23H40N2O4/c1-6-7-13-24-21(26)18(16(2)3)15-20-19(14-17-11-9-8-10-12-17)25(22(27)28)23(4,5)29-20/h15-17,19-20H,6-14H2,1-5H3,(H,24,26)(H,27,28)/b18-15+. The smallest absolute Gasteiger partial charge is 0.409 e. The van der Waals surface area contributed by atoms with E-state index in [-0.39, 0.29) is 17.9 Å². The van der Waals surface area contributed by atoms with Crippen molar-refractivity contribution in [3.05, 3.63) is 11.6 Å². The lowest BCUT2D eigenvalue weighted by atomic mass is 9.83. The number of carbonyl (C=O) groups excluding carboxylic acids is 1. The van der Waals surface area contributed by atoms with Crippen LogP contribution >= 0.6 is 0 Å². The molecule has 6 heteroatoms. The van der Waals surface area contributed by atoms with Gasteiger partial charge in [0.25, 0.3) is 0 Å². The Morgan fingerprint density at radius 1 is 1.24 bits per heavy atom. The number of nitrogens with zero attached hydrogens (tertiary/aromatic N) is 1. The second-order valence-electron chi connectivity index (χ2n) is 9.38. The third-order valence-corrected chi connectivity index (χ3v) is 6.27. The number of ether oxygens (including phenoxy) is 1. The molecular weight excluding hydrogens is 368 g/mol. The summed E-state index contributed by atoms with van der Waals surface area (Å²) in [6.45, 7) is 10.4. The van der Waals surface area contributed by atoms with Crippen LogP contribution in [0.1, 0.15) is 86.0 Å². The van der Waals surface area contributed by atoms with Crippen LogP contribution in [0.2, 0.25) is 0 Å². The van der Waals surface area contributed by atoms with E-state index in [4.69, 9.17) is 4.74 Å². The van der Waals surface area contributed by atoms with Crippen molar-refractivity contribution < 1.29 is 19.4 Å². The Balaban J connectivity index is 2.27. The monoisotopic (exact) mass is 408 g/mol. The van der Waals surface area contributed by atoms with Gasteiger partial charge in [0.1, 0.15) is 5.72 Å². The summed E-state index contributed by atoms with van der Waals surface area (Å²) in [4.78, 5) is 26.3. The number of carboxylic acid groups (broad SMARTS) is 1. The molecule has 0 radical (unpaired) electrons. The Morgan fingerprint density at radius 2 is 1.90 bits per heavy atom. The van der Waals surface area contributed by atoms with E-state index in [2.05, 4.69) is 12.2 Å². The van der Waals surface area contributed by atoms with E-state index in [9.17, 15) is 14.7 Å². The quantitative estimate of drug-likeness (QED) is 0.440. The van der Waals surface area contributed by atoms with Crippen molar-refractivity contribution in [1.82, 2.24) is 10.2 Å². The first-order chi connectivity index (χ1) is 13.7. The summed E-state index contributed by atoms with van der Waals surface area (Å²) in [6, 6.07) is -0.261. The van der Waals surface area contributed by atoms with Gasteiger partial charge >= 0.3 is 6.09 Å². The van der Waals surface area contributed by atoms with Crippen LogP contribution in [-0.4, -0.2) is 46.4 Å². The third-order valence-electron chi connectivity index (χ3n) is 6.27. The van der Waals surface area contributed by atoms with Crippen molar-refractivity contribution in [3.8, 4) is 0 Å². The van der Waals surface area contributed by atoms with E-state index in [1.54, 1.807) is 13.8 Å². The predicted octanol–water partition coefficient (Wildman–Crippen LogP) is 4.94. The van der Waals surface area contributed by atoms with Gasteiger partial charge in [-0.05, 0) is 44.6 Å². The summed E-state index contributed by atoms with van der Waals surface area (Å²) in [5.41, 5.74) is -0.226. The fourth-order valence-corrected chi connectivity index (χ4v) is 4.72. The molecule has 1 heterocycles. The zero-order valence-electron chi connectivity index (χ0n) is 18.9. The highest BCUT2D eigenvalue weighted by Crippen LogP contribution is 2.39. The van der Waals surface area contributed by atoms with Gasteiger partial charge in [-0.1, -0.05) is 59.3 Å². The number of carbonyl (C=O) groups is 2. The molecular formula is C23H40N2O4. The highest BCUT2D eigenvalue weighted by atomic mass is 16.6. The molecule has 166 valence electrons. The van der Waals surface area contributed by atoms with Crippen molar-refractivity contribution in [3.63, 3.8) is 0 Å². The van der Waals surface area contributed by atoms with E-state index in [0.717, 1.165) is 32.1 Å². The van der Waals surface area contributed by atoms with Gasteiger partial charge in [-0.25, -0.2) is 4.79 Å². The Hall–Kier alpha value is -1.56. The Labute approximate surface area is 176 Å². The molecule has 1 aliphatic heterocycles. The highest BCUT2D eigenvalue weighted by molar-refractivity contribution is 5.93. The van der Waals surface area contributed by atoms with Gasteiger partial charge < -0.3 is 15.2 Å². The predicted molar refractivity (Wildman–Crippen MR) is 115 cm³/mol. The Kier molecular flexibility index (Phi) is 8.56. The Morgan fingerprint density at radius 3 is 2.45 bits per heavy atom. The van der Waals surface area contributed by atoms with Crippen molar-refractivity contribution in [2.75, 3.05) is 6.54 Å². The van der Waals surface area contributed by atoms with E-state index < -0.39 is 17.9 Å². The molecule has 2 amide bonds. The van der Waals surface area contributed by atoms with Crippen molar-refractivity contribution in [2.24, 2.45) is 11.8 Å². The summed E-state index contributed by atoms with van der Waals surface area (Å²) in [5.74, 6) is 0.488. The van der Waals surface area contributed by atoms with Crippen molar-refractivity contribution >= 4 is 12.0 Å². The third kappa shape index (κ3) is 6.21. The van der Waals surface area contributed by atoms with Crippen LogP contribution in [0.5, 0.6) is 0 Å². The number of hydrogen-bond acceptors (Lipinski definition) is 3. The minimum absolute atomic E-state index is 0.0394. The summed E-state index contributed by atoms with van der Waals surface area (Å²) in [6.07, 6.45) is 9.29. The summed E-state index contributed by atoms with van der Waals surface area (Å²) in [5, 5.41) is 12.9. The molecule has 0 aromatic heterocycles. The second kappa shape index (κ2) is 10.5. The molecule has 2 rings (SSSR count). The molecule has 2 aliphatic rings. The first kappa shape index (κ1) is 23.7. The summed E-state index contributed by atoms with van der Waals surface area (Å²) in [7, 11) is 0. The lowest BCUT2D eigenvalue weighted by Gasteiger charge is -2.33. The van der Waals surface area contributed by atoms with Gasteiger partial charge in [0.05, 0.1) is 12.1 Å². The first-order valence-corrected chi connectivity index (χ1v) is 11.4. The van der Waals surface area contributed by atoms with Crippen molar-refractivity contribution in [2.45, 2.75) is 104 Å². The van der Waals surface area contributed by atoms with E-state index >= 15 is 0 Å². The molecule has 1 saturated carbocycles. The van der Waals surface area contributed by atoms with Gasteiger partial charge in [-0.2, -0.15) is 0 Å². The molecule has 29 heavy (non-hydrogen) atoms. The average molecular weight is 409 g/mol. The lowest BCUT2D eigenvalue weighted by molar-refractivity contribution is -0.118. The maximum absolute atomic E-state index is 12.8. The number of amides is 2. The molecule has 2 N–H and O–H groups in total. The number of rotatable bonds is 8. The van der Waals surface area contributed by atoms with Gasteiger partial charge in [0.15, 0.2) is 0 Å². The Bertz CT molecular complexity index is 594. The first-order valence-electron chi connectivity index (χ1n) is 11.4. The van der Waals surface area contributed by atoms with Gasteiger partial charge in [0.2, 0.25) is 5.91 Å². The van der Waals surface area contributed by atoms with Gasteiger partial charge in [0, 0.05) is 12.1 Å². The second-order valence-corrected chi connectivity index (χ2v) is 9.38. The molecule has 2 fully saturated rings. The molecule has 2 unspecified atom stereocenters. The van der Waals surface area contributed by atoms with E-state index in [1.165, 1.54) is 24.2 Å². The zero-order valence-corrected chi connectivity index (χ0v) is 18.9. The molecule has 2 atom stereocenters. The molecule has 0 bridgehead atoms. The summed E-state index contributed by atoms with van der Waals surface area (Å²) >= 11 is 0. The molecule has 1 aliphatic carbocycles. The molecule has 6 nitrogen and oxygen atoms in total. The van der Waals surface area contributed by atoms with Crippen LogP contribution in [0.3, 0.4) is 0 Å². The maximum Gasteiger partial charge on any atom is 0.409 e. The molecule has 1 saturated heterocycles. The van der Waals surface area contributed by atoms with E-state index in [1.807, 2.05) is 19.9 Å². The van der Waals surface area contributed by atoms with Crippen LogP contribution in [-0.2, 0) is 9.53 Å². The van der Waals surface area contributed by atoms with Crippen LogP contribution in [0.15, 0.2) is 11.6 Å². The normalized spacial score (nSPS) is 25.4. The topological polar surface area (TPSA) is 78.9 Å². The SMILES string of the molecule is CCCCNC(=O)/C(=C/C1OC(C)(C)N(C(=O)O)C1CC1CCCCC1)C(C)C. The summed E-state index contributed by atoms with van der Waals surface area (Å²) < 4.78 is 6.22. The van der Waals surface area contributed by atoms with Gasteiger partial charge in [-0.3, -0.25) is 9.69 Å². The van der Waals surface area contributed by atoms with Crippen LogP contribution in [0.25, 0.3) is 0 Å². The average Bonchev–Trinajstić information content (AvgIpc) is 2.89. The van der Waals surface area contributed by atoms with Crippen molar-refractivity contribution in [1.29, 1.82) is 0 Å². The number of unbranched alkanes of at least 4 members (excludes halogenated alkanes) is 1. The van der Waals surface area contributed by atoms with Crippen LogP contribution < -0.4 is 5.32 Å². The van der Waals surface area contributed by atoms with E-state index in [0.29, 0.717) is 18.0 Å². The maximum atomic E-state index is 12.8. The van der Waals surface area contributed by atoms with Crippen LogP contribution in [0, 0.1) is 11.8 Å². The number of hydrogen-bond donors (Lipinski definition) is 2. The largest absolute Gasteiger partial charge is 0.465 e. The molecule has 0 aromatic rings. The molecule has 0 aromatic carbocycles. The fraction of sp³-hybridized carbons (Fsp3) is 0.826. The lowest BCUT2D eigenvalue weighted by Crippen LogP contribution is -2.48. The minimum atomic E-state index is -0.954.